The summed E-state index contributed by atoms with van der Waals surface area (Å²) in [6, 6.07) is 4.58. The first-order valence-corrected chi connectivity index (χ1v) is 5.91. The Balaban J connectivity index is 2.37. The van der Waals surface area contributed by atoms with E-state index < -0.39 is 0 Å². The van der Waals surface area contributed by atoms with Crippen molar-refractivity contribution in [1.82, 2.24) is 4.90 Å². The predicted molar refractivity (Wildman–Crippen MR) is 67.6 cm³/mol. The highest BCUT2D eigenvalue weighted by Gasteiger charge is 2.31. The number of halogens is 2. The molecular weight excluding hydrogens is 241 g/mol. The molecular formula is C12H15ClFN3. The molecule has 1 unspecified atom stereocenters. The van der Waals surface area contributed by atoms with E-state index in [0.29, 0.717) is 23.1 Å². The average Bonchev–Trinajstić information content (AvgIpc) is 2.64. The molecule has 1 heterocycles. The van der Waals surface area contributed by atoms with Gasteiger partial charge in [-0.1, -0.05) is 11.6 Å². The van der Waals surface area contributed by atoms with Crippen LogP contribution in [0.15, 0.2) is 23.2 Å². The molecule has 0 bridgehead atoms. The maximum atomic E-state index is 13.8. The number of rotatable bonds is 2. The predicted octanol–water partition coefficient (Wildman–Crippen LogP) is 2.56. The van der Waals surface area contributed by atoms with Gasteiger partial charge < -0.3 is 10.6 Å². The molecule has 2 N–H and O–H groups in total. The highest BCUT2D eigenvalue weighted by molar-refractivity contribution is 6.30. The monoisotopic (exact) mass is 255 g/mol. The Labute approximate surface area is 105 Å². The van der Waals surface area contributed by atoms with E-state index in [-0.39, 0.29) is 17.9 Å². The van der Waals surface area contributed by atoms with Crippen LogP contribution in [-0.2, 0) is 0 Å². The minimum atomic E-state index is -0.269. The summed E-state index contributed by atoms with van der Waals surface area (Å²) in [5.41, 5.74) is 6.37. The number of aliphatic imine (C=N–C) groups is 1. The van der Waals surface area contributed by atoms with Crippen molar-refractivity contribution in [2.75, 3.05) is 6.54 Å². The first-order valence-electron chi connectivity index (χ1n) is 5.54. The van der Waals surface area contributed by atoms with Crippen molar-refractivity contribution in [3.05, 3.63) is 34.6 Å². The number of guanidine groups is 1. The molecule has 1 aromatic carbocycles. The normalized spacial score (nSPS) is 19.9. The molecule has 1 aliphatic rings. The number of benzene rings is 1. The maximum Gasteiger partial charge on any atom is 0.192 e. The van der Waals surface area contributed by atoms with Gasteiger partial charge in [0.25, 0.3) is 0 Å². The Morgan fingerprint density at radius 2 is 2.24 bits per heavy atom. The molecule has 0 saturated heterocycles. The SMILES string of the molecule is CC(C)N1C(N)=NCC1c1cc(Cl)ccc1F. The Hall–Kier alpha value is -1.29. The molecule has 0 spiro atoms. The van der Waals surface area contributed by atoms with Gasteiger partial charge in [-0.05, 0) is 32.0 Å². The van der Waals surface area contributed by atoms with Crippen molar-refractivity contribution in [2.24, 2.45) is 10.7 Å². The Kier molecular flexibility index (Phi) is 3.24. The van der Waals surface area contributed by atoms with E-state index in [2.05, 4.69) is 4.99 Å². The van der Waals surface area contributed by atoms with Gasteiger partial charge in [0, 0.05) is 16.6 Å². The highest BCUT2D eigenvalue weighted by Crippen LogP contribution is 2.30. The van der Waals surface area contributed by atoms with Crippen molar-refractivity contribution < 1.29 is 4.39 Å². The van der Waals surface area contributed by atoms with Gasteiger partial charge in [0.05, 0.1) is 12.6 Å². The zero-order chi connectivity index (χ0) is 12.6. The minimum absolute atomic E-state index is 0.159. The molecule has 0 saturated carbocycles. The van der Waals surface area contributed by atoms with Gasteiger partial charge in [0.15, 0.2) is 5.96 Å². The van der Waals surface area contributed by atoms with Gasteiger partial charge in [-0.25, -0.2) is 4.39 Å². The van der Waals surface area contributed by atoms with E-state index in [9.17, 15) is 4.39 Å². The van der Waals surface area contributed by atoms with Crippen LogP contribution in [0.3, 0.4) is 0 Å². The van der Waals surface area contributed by atoms with Crippen molar-refractivity contribution in [1.29, 1.82) is 0 Å². The molecule has 3 nitrogen and oxygen atoms in total. The summed E-state index contributed by atoms with van der Waals surface area (Å²) in [5.74, 6) is 0.194. The van der Waals surface area contributed by atoms with Crippen LogP contribution in [0.4, 0.5) is 4.39 Å². The van der Waals surface area contributed by atoms with Crippen LogP contribution >= 0.6 is 11.6 Å². The first kappa shape index (κ1) is 12.2. The minimum Gasteiger partial charge on any atom is -0.370 e. The molecule has 0 amide bonds. The fraction of sp³-hybridized carbons (Fsp3) is 0.417. The zero-order valence-electron chi connectivity index (χ0n) is 9.82. The number of hydrogen-bond acceptors (Lipinski definition) is 3. The summed E-state index contributed by atoms with van der Waals surface area (Å²) in [4.78, 5) is 6.09. The van der Waals surface area contributed by atoms with Gasteiger partial charge in [0.2, 0.25) is 0 Å². The summed E-state index contributed by atoms with van der Waals surface area (Å²) < 4.78 is 13.8. The molecule has 1 aromatic rings. The fourth-order valence-electron chi connectivity index (χ4n) is 2.15. The second-order valence-corrected chi connectivity index (χ2v) is 4.82. The van der Waals surface area contributed by atoms with Gasteiger partial charge in [-0.2, -0.15) is 0 Å². The van der Waals surface area contributed by atoms with Crippen LogP contribution in [0.5, 0.6) is 0 Å². The molecule has 1 atom stereocenters. The Morgan fingerprint density at radius 1 is 1.53 bits per heavy atom. The third kappa shape index (κ3) is 2.22. The second kappa shape index (κ2) is 4.53. The van der Waals surface area contributed by atoms with Crippen LogP contribution in [0.25, 0.3) is 0 Å². The Morgan fingerprint density at radius 3 is 2.88 bits per heavy atom. The summed E-state index contributed by atoms with van der Waals surface area (Å²) in [6.07, 6.45) is 0. The highest BCUT2D eigenvalue weighted by atomic mass is 35.5. The van der Waals surface area contributed by atoms with Crippen LogP contribution in [0.2, 0.25) is 5.02 Å². The molecule has 0 radical (unpaired) electrons. The van der Waals surface area contributed by atoms with E-state index in [0.717, 1.165) is 0 Å². The van der Waals surface area contributed by atoms with Gasteiger partial charge in [-0.15, -0.1) is 0 Å². The van der Waals surface area contributed by atoms with Crippen molar-refractivity contribution in [3.8, 4) is 0 Å². The smallest absolute Gasteiger partial charge is 0.192 e. The summed E-state index contributed by atoms with van der Waals surface area (Å²) >= 11 is 5.91. The van der Waals surface area contributed by atoms with E-state index in [1.807, 2.05) is 18.7 Å². The van der Waals surface area contributed by atoms with Crippen molar-refractivity contribution in [3.63, 3.8) is 0 Å². The van der Waals surface area contributed by atoms with E-state index >= 15 is 0 Å². The fourth-order valence-corrected chi connectivity index (χ4v) is 2.33. The van der Waals surface area contributed by atoms with E-state index in [1.165, 1.54) is 6.07 Å². The standard InChI is InChI=1S/C12H15ClFN3/c1-7(2)17-11(6-16-12(17)15)9-5-8(13)3-4-10(9)14/h3-5,7,11H,6H2,1-2H3,(H2,15,16). The molecule has 1 aliphatic heterocycles. The molecule has 0 aromatic heterocycles. The van der Waals surface area contributed by atoms with Gasteiger partial charge in [-0.3, -0.25) is 4.99 Å². The third-order valence-corrected chi connectivity index (χ3v) is 3.14. The number of hydrogen-bond donors (Lipinski definition) is 1. The quantitative estimate of drug-likeness (QED) is 0.883. The lowest BCUT2D eigenvalue weighted by Gasteiger charge is -2.30. The lowest BCUT2D eigenvalue weighted by molar-refractivity contribution is 0.284. The van der Waals surface area contributed by atoms with Gasteiger partial charge >= 0.3 is 0 Å². The number of nitrogens with zero attached hydrogens (tertiary/aromatic N) is 2. The second-order valence-electron chi connectivity index (χ2n) is 4.38. The number of nitrogens with two attached hydrogens (primary N) is 1. The topological polar surface area (TPSA) is 41.6 Å². The lowest BCUT2D eigenvalue weighted by Crippen LogP contribution is -2.41. The lowest BCUT2D eigenvalue weighted by atomic mass is 10.0. The maximum absolute atomic E-state index is 13.8. The van der Waals surface area contributed by atoms with Crippen LogP contribution in [0.1, 0.15) is 25.5 Å². The summed E-state index contributed by atoms with van der Waals surface area (Å²) in [6.45, 7) is 4.48. The largest absolute Gasteiger partial charge is 0.370 e. The molecule has 0 fully saturated rings. The molecule has 2 rings (SSSR count). The Bertz CT molecular complexity index is 459. The molecule has 92 valence electrons. The van der Waals surface area contributed by atoms with Gasteiger partial charge in [0.1, 0.15) is 5.82 Å². The molecule has 0 aliphatic carbocycles. The average molecular weight is 256 g/mol. The molecule has 17 heavy (non-hydrogen) atoms. The molecule has 5 heteroatoms. The van der Waals surface area contributed by atoms with Crippen LogP contribution in [0, 0.1) is 5.82 Å². The van der Waals surface area contributed by atoms with Crippen molar-refractivity contribution >= 4 is 17.6 Å². The van der Waals surface area contributed by atoms with Crippen LogP contribution in [-0.4, -0.2) is 23.4 Å². The zero-order valence-corrected chi connectivity index (χ0v) is 10.6. The summed E-state index contributed by atoms with van der Waals surface area (Å²) in [5, 5.41) is 0.524. The van der Waals surface area contributed by atoms with E-state index in [1.54, 1.807) is 12.1 Å². The van der Waals surface area contributed by atoms with E-state index in [4.69, 9.17) is 17.3 Å². The van der Waals surface area contributed by atoms with Crippen LogP contribution < -0.4 is 5.73 Å². The third-order valence-electron chi connectivity index (χ3n) is 2.90. The first-order chi connectivity index (χ1) is 8.00. The summed E-state index contributed by atoms with van der Waals surface area (Å²) in [7, 11) is 0. The van der Waals surface area contributed by atoms with Crippen molar-refractivity contribution in [2.45, 2.75) is 25.9 Å².